The Hall–Kier alpha value is -0.0500. The topological polar surface area (TPSA) is 33.0 Å². The SMILES string of the molecule is CCC(C)c1c(Br)c(Br)c(Br)c(C(C)CC)c1OC#N. The van der Waals surface area contributed by atoms with Gasteiger partial charge in [0.15, 0.2) is 5.75 Å². The predicted octanol–water partition coefficient (Wildman–Crippen LogP) is 6.86. The Morgan fingerprint density at radius 3 is 1.65 bits per heavy atom. The molecule has 2 unspecified atom stereocenters. The summed E-state index contributed by atoms with van der Waals surface area (Å²) in [4.78, 5) is 0. The van der Waals surface area contributed by atoms with Gasteiger partial charge in [0.1, 0.15) is 0 Å². The molecule has 0 radical (unpaired) electrons. The summed E-state index contributed by atoms with van der Waals surface area (Å²) in [5.41, 5.74) is 2.11. The van der Waals surface area contributed by atoms with Crippen molar-refractivity contribution in [2.45, 2.75) is 52.4 Å². The van der Waals surface area contributed by atoms with E-state index >= 15 is 0 Å². The fraction of sp³-hybridized carbons (Fsp3) is 0.533. The molecule has 0 spiro atoms. The number of nitriles is 1. The molecule has 0 amide bonds. The molecule has 20 heavy (non-hydrogen) atoms. The molecule has 0 aliphatic heterocycles. The molecule has 0 saturated carbocycles. The summed E-state index contributed by atoms with van der Waals surface area (Å²) in [6.07, 6.45) is 3.80. The number of benzene rings is 1. The second-order valence-electron chi connectivity index (χ2n) is 4.91. The molecule has 0 saturated heterocycles. The molecule has 5 heteroatoms. The third-order valence-corrected chi connectivity index (χ3v) is 7.21. The first-order chi connectivity index (χ1) is 9.40. The number of halogens is 3. The van der Waals surface area contributed by atoms with Gasteiger partial charge in [0.2, 0.25) is 0 Å². The Morgan fingerprint density at radius 1 is 0.950 bits per heavy atom. The van der Waals surface area contributed by atoms with Gasteiger partial charge in [-0.3, -0.25) is 0 Å². The van der Waals surface area contributed by atoms with E-state index in [1.54, 1.807) is 0 Å². The molecule has 1 aromatic carbocycles. The van der Waals surface area contributed by atoms with Gasteiger partial charge in [-0.1, -0.05) is 27.7 Å². The lowest BCUT2D eigenvalue weighted by Gasteiger charge is -2.23. The highest BCUT2D eigenvalue weighted by atomic mass is 79.9. The van der Waals surface area contributed by atoms with Crippen LogP contribution in [0.1, 0.15) is 63.5 Å². The molecular weight excluding hydrogens is 450 g/mol. The Morgan fingerprint density at radius 2 is 1.35 bits per heavy atom. The second kappa shape index (κ2) is 7.82. The molecular formula is C15H18Br3NO. The lowest BCUT2D eigenvalue weighted by Crippen LogP contribution is -2.06. The highest BCUT2D eigenvalue weighted by Gasteiger charge is 2.27. The molecule has 0 heterocycles. The highest BCUT2D eigenvalue weighted by Crippen LogP contribution is 2.49. The van der Waals surface area contributed by atoms with E-state index in [1.807, 2.05) is 6.26 Å². The first kappa shape index (κ1) is 18.0. The van der Waals surface area contributed by atoms with Crippen molar-refractivity contribution in [3.63, 3.8) is 0 Å². The van der Waals surface area contributed by atoms with Gasteiger partial charge in [0, 0.05) is 24.5 Å². The zero-order valence-electron chi connectivity index (χ0n) is 12.1. The Kier molecular flexibility index (Phi) is 7.03. The first-order valence-electron chi connectivity index (χ1n) is 6.66. The van der Waals surface area contributed by atoms with Crippen LogP contribution in [0.4, 0.5) is 0 Å². The van der Waals surface area contributed by atoms with Crippen LogP contribution in [0.15, 0.2) is 13.4 Å². The summed E-state index contributed by atoms with van der Waals surface area (Å²) in [6.45, 7) is 8.55. The Bertz CT molecular complexity index is 500. The van der Waals surface area contributed by atoms with Crippen LogP contribution in [0.3, 0.4) is 0 Å². The van der Waals surface area contributed by atoms with Gasteiger partial charge in [-0.25, -0.2) is 0 Å². The quantitative estimate of drug-likeness (QED) is 0.350. The van der Waals surface area contributed by atoms with Crippen molar-refractivity contribution in [1.29, 1.82) is 5.26 Å². The average molecular weight is 468 g/mol. The van der Waals surface area contributed by atoms with Gasteiger partial charge in [-0.05, 0) is 72.5 Å². The van der Waals surface area contributed by atoms with Gasteiger partial charge >= 0.3 is 0 Å². The summed E-state index contributed by atoms with van der Waals surface area (Å²) in [5.74, 6) is 1.30. The van der Waals surface area contributed by atoms with E-state index in [1.165, 1.54) is 0 Å². The van der Waals surface area contributed by atoms with Crippen molar-refractivity contribution >= 4 is 47.8 Å². The maximum Gasteiger partial charge on any atom is 0.292 e. The molecule has 0 aliphatic rings. The minimum Gasteiger partial charge on any atom is -0.387 e. The number of ether oxygens (including phenoxy) is 1. The minimum absolute atomic E-state index is 0.305. The zero-order valence-corrected chi connectivity index (χ0v) is 16.8. The molecule has 0 N–H and O–H groups in total. The summed E-state index contributed by atoms with van der Waals surface area (Å²) >= 11 is 10.9. The highest BCUT2D eigenvalue weighted by molar-refractivity contribution is 9.14. The third kappa shape index (κ3) is 3.40. The second-order valence-corrected chi connectivity index (χ2v) is 7.29. The lowest BCUT2D eigenvalue weighted by atomic mass is 9.90. The normalized spacial score (nSPS) is 13.7. The van der Waals surface area contributed by atoms with Crippen molar-refractivity contribution < 1.29 is 4.74 Å². The third-order valence-electron chi connectivity index (χ3n) is 3.71. The van der Waals surface area contributed by atoms with Gasteiger partial charge in [0.25, 0.3) is 6.26 Å². The number of rotatable bonds is 5. The van der Waals surface area contributed by atoms with Gasteiger partial charge in [-0.2, -0.15) is 0 Å². The first-order valence-corrected chi connectivity index (χ1v) is 9.04. The standard InChI is InChI=1S/C15H18Br3NO/c1-5-8(3)10-12(16)14(18)13(17)11(9(4)6-2)15(10)20-7-19/h8-9H,5-6H2,1-4H3. The van der Waals surface area contributed by atoms with E-state index in [2.05, 4.69) is 75.5 Å². The fourth-order valence-corrected chi connectivity index (χ4v) is 4.35. The van der Waals surface area contributed by atoms with Crippen molar-refractivity contribution in [3.8, 4) is 12.0 Å². The molecule has 0 fully saturated rings. The Balaban J connectivity index is 3.74. The molecule has 1 aromatic rings. The van der Waals surface area contributed by atoms with Crippen LogP contribution in [0.5, 0.6) is 5.75 Å². The van der Waals surface area contributed by atoms with Gasteiger partial charge < -0.3 is 4.74 Å². The average Bonchev–Trinajstić information content (AvgIpc) is 2.44. The van der Waals surface area contributed by atoms with E-state index in [9.17, 15) is 0 Å². The molecule has 110 valence electrons. The van der Waals surface area contributed by atoms with Crippen LogP contribution in [-0.2, 0) is 0 Å². The monoisotopic (exact) mass is 465 g/mol. The maximum atomic E-state index is 9.01. The van der Waals surface area contributed by atoms with Crippen molar-refractivity contribution in [2.24, 2.45) is 0 Å². The van der Waals surface area contributed by atoms with Crippen LogP contribution in [0.25, 0.3) is 0 Å². The van der Waals surface area contributed by atoms with Crippen LogP contribution in [0.2, 0.25) is 0 Å². The van der Waals surface area contributed by atoms with Crippen molar-refractivity contribution in [3.05, 3.63) is 24.5 Å². The largest absolute Gasteiger partial charge is 0.387 e. The number of hydrogen-bond donors (Lipinski definition) is 0. The molecule has 2 nitrogen and oxygen atoms in total. The molecule has 2 atom stereocenters. The van der Waals surface area contributed by atoms with Crippen LogP contribution < -0.4 is 4.74 Å². The van der Waals surface area contributed by atoms with Crippen LogP contribution in [0, 0.1) is 11.5 Å². The van der Waals surface area contributed by atoms with Crippen LogP contribution >= 0.6 is 47.8 Å². The van der Waals surface area contributed by atoms with Crippen molar-refractivity contribution in [2.75, 3.05) is 0 Å². The summed E-state index contributed by atoms with van der Waals surface area (Å²) in [6, 6.07) is 0. The molecule has 0 aromatic heterocycles. The fourth-order valence-electron chi connectivity index (χ4n) is 2.12. The smallest absolute Gasteiger partial charge is 0.292 e. The van der Waals surface area contributed by atoms with E-state index in [-0.39, 0.29) is 0 Å². The summed E-state index contributed by atoms with van der Waals surface area (Å²) in [5, 5.41) is 9.01. The Labute approximate surface area is 146 Å². The number of nitrogens with zero attached hydrogens (tertiary/aromatic N) is 1. The van der Waals surface area contributed by atoms with Gasteiger partial charge in [-0.15, -0.1) is 5.26 Å². The molecule has 0 aliphatic carbocycles. The maximum absolute atomic E-state index is 9.01. The van der Waals surface area contributed by atoms with E-state index in [4.69, 9.17) is 10.00 Å². The zero-order chi connectivity index (χ0) is 15.4. The van der Waals surface area contributed by atoms with E-state index < -0.39 is 0 Å². The molecule has 0 bridgehead atoms. The number of hydrogen-bond acceptors (Lipinski definition) is 2. The summed E-state index contributed by atoms with van der Waals surface area (Å²) < 4.78 is 8.24. The van der Waals surface area contributed by atoms with Gasteiger partial charge in [0.05, 0.1) is 0 Å². The predicted molar refractivity (Wildman–Crippen MR) is 93.2 cm³/mol. The van der Waals surface area contributed by atoms with Crippen LogP contribution in [-0.4, -0.2) is 0 Å². The minimum atomic E-state index is 0.305. The molecule has 1 rings (SSSR count). The summed E-state index contributed by atoms with van der Waals surface area (Å²) in [7, 11) is 0. The lowest BCUT2D eigenvalue weighted by molar-refractivity contribution is 0.477. The van der Waals surface area contributed by atoms with Crippen molar-refractivity contribution in [1.82, 2.24) is 0 Å². The van der Waals surface area contributed by atoms with E-state index in [0.717, 1.165) is 37.4 Å². The van der Waals surface area contributed by atoms with E-state index in [0.29, 0.717) is 17.6 Å².